The zero-order valence-corrected chi connectivity index (χ0v) is 16.4. The number of hydrogen-bond acceptors (Lipinski definition) is 4. The van der Waals surface area contributed by atoms with Crippen molar-refractivity contribution < 1.29 is 9.53 Å². The minimum Gasteiger partial charge on any atom is -0.385 e. The van der Waals surface area contributed by atoms with E-state index in [4.69, 9.17) is 21.3 Å². The van der Waals surface area contributed by atoms with Gasteiger partial charge >= 0.3 is 0 Å². The summed E-state index contributed by atoms with van der Waals surface area (Å²) in [5.41, 5.74) is 3.48. The molecule has 1 heterocycles. The molecule has 1 aliphatic heterocycles. The lowest BCUT2D eigenvalue weighted by molar-refractivity contribution is 0.0948. The van der Waals surface area contributed by atoms with Crippen LogP contribution >= 0.6 is 23.4 Å². The van der Waals surface area contributed by atoms with Gasteiger partial charge in [-0.25, -0.2) is 0 Å². The molecule has 0 aliphatic carbocycles. The number of methoxy groups -OCH3 is 1. The predicted octanol–water partition coefficient (Wildman–Crippen LogP) is 5.10. The van der Waals surface area contributed by atoms with Gasteiger partial charge in [0.1, 0.15) is 0 Å². The summed E-state index contributed by atoms with van der Waals surface area (Å²) in [4.78, 5) is 19.4. The summed E-state index contributed by atoms with van der Waals surface area (Å²) in [5, 5.41) is 3.62. The second-order valence-electron chi connectivity index (χ2n) is 5.94. The summed E-state index contributed by atoms with van der Waals surface area (Å²) in [6.45, 7) is 3.30. The van der Waals surface area contributed by atoms with Crippen molar-refractivity contribution in [3.8, 4) is 0 Å². The Morgan fingerprint density at radius 2 is 2.04 bits per heavy atom. The minimum absolute atomic E-state index is 0.0908. The Morgan fingerprint density at radius 1 is 1.23 bits per heavy atom. The van der Waals surface area contributed by atoms with Crippen LogP contribution < -0.4 is 5.32 Å². The van der Waals surface area contributed by atoms with E-state index < -0.39 is 0 Å². The summed E-state index contributed by atoms with van der Waals surface area (Å²) >= 11 is 7.83. The average Bonchev–Trinajstić information content (AvgIpc) is 2.80. The number of nitrogens with one attached hydrogen (secondary N) is 1. The molecule has 0 unspecified atom stereocenters. The van der Waals surface area contributed by atoms with Crippen LogP contribution in [0.25, 0.3) is 0 Å². The van der Waals surface area contributed by atoms with Gasteiger partial charge in [-0.15, -0.1) is 0 Å². The number of aliphatic imine (C=N–C) groups is 1. The Bertz CT molecular complexity index is 852. The van der Waals surface area contributed by atoms with Crippen molar-refractivity contribution in [2.24, 2.45) is 4.99 Å². The van der Waals surface area contributed by atoms with E-state index in [9.17, 15) is 4.79 Å². The van der Waals surface area contributed by atoms with E-state index in [1.165, 1.54) is 0 Å². The van der Waals surface area contributed by atoms with Crippen molar-refractivity contribution in [3.05, 3.63) is 52.5 Å². The highest BCUT2D eigenvalue weighted by Crippen LogP contribution is 2.41. The molecule has 2 aromatic rings. The topological polar surface area (TPSA) is 50.7 Å². The van der Waals surface area contributed by atoms with Crippen molar-refractivity contribution in [1.82, 2.24) is 5.32 Å². The first-order chi connectivity index (χ1) is 12.6. The molecule has 2 aromatic carbocycles. The van der Waals surface area contributed by atoms with E-state index in [1.807, 2.05) is 36.4 Å². The van der Waals surface area contributed by atoms with E-state index in [2.05, 4.69) is 12.2 Å². The fourth-order valence-electron chi connectivity index (χ4n) is 2.76. The second kappa shape index (κ2) is 8.71. The third-order valence-corrected chi connectivity index (χ3v) is 5.47. The van der Waals surface area contributed by atoms with E-state index in [1.54, 1.807) is 18.9 Å². The Kier molecular flexibility index (Phi) is 6.35. The van der Waals surface area contributed by atoms with Crippen molar-refractivity contribution in [2.75, 3.05) is 20.3 Å². The maximum atomic E-state index is 12.4. The van der Waals surface area contributed by atoms with Crippen LogP contribution in [-0.2, 0) is 4.74 Å². The van der Waals surface area contributed by atoms with Gasteiger partial charge in [0, 0.05) is 51.9 Å². The van der Waals surface area contributed by atoms with E-state index in [0.29, 0.717) is 23.7 Å². The number of carbonyl (C=O) groups is 1. The molecule has 136 valence electrons. The lowest BCUT2D eigenvalue weighted by Crippen LogP contribution is -2.25. The first-order valence-corrected chi connectivity index (χ1v) is 9.78. The summed E-state index contributed by atoms with van der Waals surface area (Å²) in [7, 11) is 1.65. The van der Waals surface area contributed by atoms with Crippen molar-refractivity contribution in [2.45, 2.75) is 29.6 Å². The van der Waals surface area contributed by atoms with Gasteiger partial charge in [-0.3, -0.25) is 9.79 Å². The quantitative estimate of drug-likeness (QED) is 0.700. The molecule has 0 spiro atoms. The summed E-state index contributed by atoms with van der Waals surface area (Å²) in [6, 6.07) is 11.6. The van der Waals surface area contributed by atoms with Gasteiger partial charge in [0.25, 0.3) is 5.91 Å². The highest BCUT2D eigenvalue weighted by Gasteiger charge is 2.18. The van der Waals surface area contributed by atoms with Gasteiger partial charge in [-0.05, 0) is 49.2 Å². The Balaban J connectivity index is 1.89. The second-order valence-corrected chi connectivity index (χ2v) is 7.46. The molecule has 4 nitrogen and oxygen atoms in total. The number of rotatable bonds is 6. The Morgan fingerprint density at radius 3 is 2.81 bits per heavy atom. The van der Waals surface area contributed by atoms with Crippen LogP contribution in [0.3, 0.4) is 0 Å². The first-order valence-electron chi connectivity index (χ1n) is 8.59. The fraction of sp³-hybridized carbons (Fsp3) is 0.300. The summed E-state index contributed by atoms with van der Waals surface area (Å²) in [6.07, 6.45) is 1.58. The molecule has 3 rings (SSSR count). The molecule has 0 fully saturated rings. The van der Waals surface area contributed by atoms with Gasteiger partial charge in [0.05, 0.1) is 5.69 Å². The Labute approximate surface area is 163 Å². The third kappa shape index (κ3) is 4.29. The molecule has 1 N–H and O–H groups in total. The van der Waals surface area contributed by atoms with Gasteiger partial charge in [0.2, 0.25) is 0 Å². The molecule has 1 aliphatic rings. The van der Waals surface area contributed by atoms with Crippen molar-refractivity contribution in [3.63, 3.8) is 0 Å². The molecule has 0 radical (unpaired) electrons. The molecule has 6 heteroatoms. The van der Waals surface area contributed by atoms with Crippen LogP contribution in [-0.4, -0.2) is 31.9 Å². The largest absolute Gasteiger partial charge is 0.385 e. The molecule has 26 heavy (non-hydrogen) atoms. The van der Waals surface area contributed by atoms with Crippen molar-refractivity contribution in [1.29, 1.82) is 0 Å². The number of benzene rings is 2. The standard InChI is InChI=1S/C20H21ClN2O2S/c1-3-16-15-12-14(21)6-8-18(15)26-19-7-5-13(11-17(19)23-16)20(24)22-9-4-10-25-2/h5-8,11-12H,3-4,9-10H2,1-2H3,(H,22,24). The van der Waals surface area contributed by atoms with Gasteiger partial charge in [0.15, 0.2) is 0 Å². The number of halogens is 1. The monoisotopic (exact) mass is 388 g/mol. The molecule has 0 atom stereocenters. The van der Waals surface area contributed by atoms with Crippen LogP contribution in [0, 0.1) is 0 Å². The van der Waals surface area contributed by atoms with E-state index >= 15 is 0 Å². The number of amides is 1. The van der Waals surface area contributed by atoms with E-state index in [-0.39, 0.29) is 5.91 Å². The highest BCUT2D eigenvalue weighted by molar-refractivity contribution is 7.99. The number of ether oxygens (including phenoxy) is 1. The summed E-state index contributed by atoms with van der Waals surface area (Å²) < 4.78 is 5.00. The lowest BCUT2D eigenvalue weighted by Gasteiger charge is -2.08. The lowest BCUT2D eigenvalue weighted by atomic mass is 10.1. The molecule has 0 saturated carbocycles. The molecule has 0 bridgehead atoms. The molecular formula is C20H21ClN2O2S. The maximum Gasteiger partial charge on any atom is 0.251 e. The van der Waals surface area contributed by atoms with Gasteiger partial charge in [-0.1, -0.05) is 30.3 Å². The number of nitrogens with zero attached hydrogens (tertiary/aromatic N) is 1. The van der Waals surface area contributed by atoms with Crippen LogP contribution in [0.5, 0.6) is 0 Å². The third-order valence-electron chi connectivity index (χ3n) is 4.09. The zero-order chi connectivity index (χ0) is 18.5. The van der Waals surface area contributed by atoms with Crippen LogP contribution in [0.2, 0.25) is 5.02 Å². The van der Waals surface area contributed by atoms with Gasteiger partial charge in [-0.2, -0.15) is 0 Å². The van der Waals surface area contributed by atoms with E-state index in [0.717, 1.165) is 39.6 Å². The van der Waals surface area contributed by atoms with Gasteiger partial charge < -0.3 is 10.1 Å². The molecule has 0 saturated heterocycles. The predicted molar refractivity (Wildman–Crippen MR) is 107 cm³/mol. The fourth-order valence-corrected chi connectivity index (χ4v) is 3.94. The SMILES string of the molecule is CCC1=Nc2cc(C(=O)NCCCOC)ccc2Sc2ccc(Cl)cc21. The zero-order valence-electron chi connectivity index (χ0n) is 14.8. The molecule has 0 aromatic heterocycles. The maximum absolute atomic E-state index is 12.4. The number of fused-ring (bicyclic) bond motifs is 2. The highest BCUT2D eigenvalue weighted by atomic mass is 35.5. The average molecular weight is 389 g/mol. The Hall–Kier alpha value is -1.82. The normalized spacial score (nSPS) is 12.7. The number of carbonyl (C=O) groups excluding carboxylic acids is 1. The van der Waals surface area contributed by atoms with Crippen LogP contribution in [0.1, 0.15) is 35.7 Å². The smallest absolute Gasteiger partial charge is 0.251 e. The minimum atomic E-state index is -0.0908. The molecular weight excluding hydrogens is 368 g/mol. The molecule has 1 amide bonds. The number of hydrogen-bond donors (Lipinski definition) is 1. The van der Waals surface area contributed by atoms with Crippen LogP contribution in [0.4, 0.5) is 5.69 Å². The first kappa shape index (κ1) is 19.0. The van der Waals surface area contributed by atoms with Crippen molar-refractivity contribution >= 4 is 40.7 Å². The summed E-state index contributed by atoms with van der Waals surface area (Å²) in [5.74, 6) is -0.0908. The van der Waals surface area contributed by atoms with Crippen LogP contribution in [0.15, 0.2) is 51.2 Å².